The van der Waals surface area contributed by atoms with Gasteiger partial charge in [0.2, 0.25) is 0 Å². The fourth-order valence-corrected chi connectivity index (χ4v) is 1.07. The molecule has 0 aliphatic heterocycles. The van der Waals surface area contributed by atoms with E-state index in [2.05, 4.69) is 16.8 Å². The monoisotopic (exact) mass is 195 g/mol. The van der Waals surface area contributed by atoms with Crippen molar-refractivity contribution in [3.05, 3.63) is 28.5 Å². The molecule has 68 valence electrons. The Morgan fingerprint density at radius 3 is 2.92 bits per heavy atom. The Labute approximate surface area is 82.9 Å². The highest BCUT2D eigenvalue weighted by molar-refractivity contribution is 6.30. The maximum Gasteiger partial charge on any atom is 0.144 e. The quantitative estimate of drug-likeness (QED) is 0.506. The van der Waals surface area contributed by atoms with Gasteiger partial charge < -0.3 is 4.74 Å². The second-order valence-electron chi connectivity index (χ2n) is 2.53. The Kier molecular flexibility index (Phi) is 3.75. The number of pyridine rings is 1. The Morgan fingerprint density at radius 2 is 2.31 bits per heavy atom. The normalized spacial score (nSPS) is 9.15. The summed E-state index contributed by atoms with van der Waals surface area (Å²) < 4.78 is 4.79. The largest absolute Gasteiger partial charge is 0.372 e. The number of halogens is 1. The maximum absolute atomic E-state index is 5.85. The first-order valence-corrected chi connectivity index (χ1v) is 4.23. The SMILES string of the molecule is COCC#Cc1ccc(C)nc1Cl. The second kappa shape index (κ2) is 4.86. The molecule has 0 saturated carbocycles. The van der Waals surface area contributed by atoms with E-state index < -0.39 is 0 Å². The van der Waals surface area contributed by atoms with Gasteiger partial charge in [-0.3, -0.25) is 0 Å². The lowest BCUT2D eigenvalue weighted by Gasteiger charge is -1.95. The van der Waals surface area contributed by atoms with E-state index in [4.69, 9.17) is 16.3 Å². The van der Waals surface area contributed by atoms with Crippen LogP contribution in [0.1, 0.15) is 11.3 Å². The predicted molar refractivity (Wildman–Crippen MR) is 52.7 cm³/mol. The molecule has 0 spiro atoms. The van der Waals surface area contributed by atoms with Crippen LogP contribution in [0, 0.1) is 18.8 Å². The molecule has 0 amide bonds. The minimum absolute atomic E-state index is 0.407. The van der Waals surface area contributed by atoms with Crippen LogP contribution in [0.25, 0.3) is 0 Å². The molecular formula is C10H10ClNO. The Hall–Kier alpha value is -1.04. The number of ether oxygens (including phenoxy) is 1. The van der Waals surface area contributed by atoms with E-state index in [0.717, 1.165) is 11.3 Å². The van der Waals surface area contributed by atoms with E-state index in [1.807, 2.05) is 19.1 Å². The van der Waals surface area contributed by atoms with Gasteiger partial charge in [-0.1, -0.05) is 23.4 Å². The molecule has 1 aromatic heterocycles. The minimum Gasteiger partial charge on any atom is -0.372 e. The standard InChI is InChI=1S/C10H10ClNO/c1-8-5-6-9(10(11)12-8)4-3-7-13-2/h5-6H,7H2,1-2H3. The van der Waals surface area contributed by atoms with Crippen molar-refractivity contribution in [1.29, 1.82) is 0 Å². The fraction of sp³-hybridized carbons (Fsp3) is 0.300. The van der Waals surface area contributed by atoms with Crippen LogP contribution in [-0.2, 0) is 4.74 Å². The van der Waals surface area contributed by atoms with E-state index in [0.29, 0.717) is 11.8 Å². The van der Waals surface area contributed by atoms with Gasteiger partial charge in [0.25, 0.3) is 0 Å². The van der Waals surface area contributed by atoms with Crippen LogP contribution in [0.15, 0.2) is 12.1 Å². The first kappa shape index (κ1) is 10.0. The summed E-state index contributed by atoms with van der Waals surface area (Å²) in [7, 11) is 1.60. The molecule has 0 bridgehead atoms. The molecule has 2 nitrogen and oxygen atoms in total. The van der Waals surface area contributed by atoms with Gasteiger partial charge in [-0.05, 0) is 19.1 Å². The van der Waals surface area contributed by atoms with Gasteiger partial charge >= 0.3 is 0 Å². The van der Waals surface area contributed by atoms with Crippen molar-refractivity contribution >= 4 is 11.6 Å². The Balaban J connectivity index is 2.85. The summed E-state index contributed by atoms with van der Waals surface area (Å²) in [5, 5.41) is 0.448. The van der Waals surface area contributed by atoms with E-state index >= 15 is 0 Å². The third-order valence-corrected chi connectivity index (χ3v) is 1.72. The highest BCUT2D eigenvalue weighted by Gasteiger charge is 1.96. The van der Waals surface area contributed by atoms with E-state index in [1.165, 1.54) is 0 Å². The molecule has 1 rings (SSSR count). The maximum atomic E-state index is 5.85. The lowest BCUT2D eigenvalue weighted by atomic mass is 10.2. The molecule has 0 atom stereocenters. The number of methoxy groups -OCH3 is 1. The molecule has 13 heavy (non-hydrogen) atoms. The van der Waals surface area contributed by atoms with Gasteiger partial charge in [-0.2, -0.15) is 0 Å². The molecule has 1 heterocycles. The fourth-order valence-electron chi connectivity index (χ4n) is 0.822. The highest BCUT2D eigenvalue weighted by atomic mass is 35.5. The van der Waals surface area contributed by atoms with E-state index in [1.54, 1.807) is 7.11 Å². The molecule has 0 saturated heterocycles. The van der Waals surface area contributed by atoms with Crippen LogP contribution in [0.5, 0.6) is 0 Å². The highest BCUT2D eigenvalue weighted by Crippen LogP contribution is 2.11. The van der Waals surface area contributed by atoms with Gasteiger partial charge in [-0.25, -0.2) is 4.98 Å². The topological polar surface area (TPSA) is 22.1 Å². The summed E-state index contributed by atoms with van der Waals surface area (Å²) in [5.74, 6) is 5.69. The molecule has 0 aliphatic rings. The summed E-state index contributed by atoms with van der Waals surface area (Å²) in [6, 6.07) is 3.73. The zero-order valence-electron chi connectivity index (χ0n) is 7.60. The van der Waals surface area contributed by atoms with Crippen LogP contribution in [-0.4, -0.2) is 18.7 Å². The number of aryl methyl sites for hydroxylation is 1. The van der Waals surface area contributed by atoms with Crippen LogP contribution < -0.4 is 0 Å². The molecule has 1 aromatic rings. The van der Waals surface area contributed by atoms with E-state index in [-0.39, 0.29) is 0 Å². The average molecular weight is 196 g/mol. The molecule has 0 aliphatic carbocycles. The molecule has 3 heteroatoms. The number of hydrogen-bond acceptors (Lipinski definition) is 2. The smallest absolute Gasteiger partial charge is 0.144 e. The summed E-state index contributed by atoms with van der Waals surface area (Å²) >= 11 is 5.85. The molecule has 0 radical (unpaired) electrons. The molecule has 0 unspecified atom stereocenters. The first-order chi connectivity index (χ1) is 6.24. The third kappa shape index (κ3) is 3.06. The minimum atomic E-state index is 0.407. The zero-order chi connectivity index (χ0) is 9.68. The van der Waals surface area contributed by atoms with E-state index in [9.17, 15) is 0 Å². The van der Waals surface area contributed by atoms with Gasteiger partial charge in [0.15, 0.2) is 0 Å². The second-order valence-corrected chi connectivity index (χ2v) is 2.88. The van der Waals surface area contributed by atoms with Gasteiger partial charge in [0.1, 0.15) is 11.8 Å². The summed E-state index contributed by atoms with van der Waals surface area (Å²) in [6.45, 7) is 2.29. The van der Waals surface area contributed by atoms with Crippen molar-refractivity contribution in [2.45, 2.75) is 6.92 Å². The van der Waals surface area contributed by atoms with Crippen molar-refractivity contribution in [3.63, 3.8) is 0 Å². The Morgan fingerprint density at radius 1 is 1.54 bits per heavy atom. The number of nitrogens with zero attached hydrogens (tertiary/aromatic N) is 1. The third-order valence-electron chi connectivity index (χ3n) is 1.43. The summed E-state index contributed by atoms with van der Waals surface area (Å²) in [6.07, 6.45) is 0. The van der Waals surface area contributed by atoms with Crippen LogP contribution >= 0.6 is 11.6 Å². The Bertz CT molecular complexity index is 352. The van der Waals surface area contributed by atoms with Crippen molar-refractivity contribution in [3.8, 4) is 11.8 Å². The molecule has 0 aromatic carbocycles. The van der Waals surface area contributed by atoms with Gasteiger partial charge in [0.05, 0.1) is 5.56 Å². The number of hydrogen-bond donors (Lipinski definition) is 0. The van der Waals surface area contributed by atoms with Crippen molar-refractivity contribution in [2.75, 3.05) is 13.7 Å². The lowest BCUT2D eigenvalue weighted by Crippen LogP contribution is -1.87. The van der Waals surface area contributed by atoms with Crippen LogP contribution in [0.4, 0.5) is 0 Å². The van der Waals surface area contributed by atoms with Crippen LogP contribution in [0.2, 0.25) is 5.15 Å². The number of aromatic nitrogens is 1. The molecule has 0 fully saturated rings. The number of rotatable bonds is 1. The van der Waals surface area contributed by atoms with Gasteiger partial charge in [0, 0.05) is 12.8 Å². The molecular weight excluding hydrogens is 186 g/mol. The van der Waals surface area contributed by atoms with Gasteiger partial charge in [-0.15, -0.1) is 0 Å². The van der Waals surface area contributed by atoms with Crippen molar-refractivity contribution in [1.82, 2.24) is 4.98 Å². The average Bonchev–Trinajstić information content (AvgIpc) is 2.09. The van der Waals surface area contributed by atoms with Crippen molar-refractivity contribution in [2.24, 2.45) is 0 Å². The predicted octanol–water partition coefficient (Wildman–Crippen LogP) is 2.04. The summed E-state index contributed by atoms with van der Waals surface area (Å²) in [5.41, 5.74) is 1.63. The summed E-state index contributed by atoms with van der Waals surface area (Å²) in [4.78, 5) is 4.07. The zero-order valence-corrected chi connectivity index (χ0v) is 8.35. The first-order valence-electron chi connectivity index (χ1n) is 3.85. The molecule has 0 N–H and O–H groups in total. The van der Waals surface area contributed by atoms with Crippen LogP contribution in [0.3, 0.4) is 0 Å². The lowest BCUT2D eigenvalue weighted by molar-refractivity contribution is 0.240. The van der Waals surface area contributed by atoms with Crippen molar-refractivity contribution < 1.29 is 4.74 Å².